The Labute approximate surface area is 104 Å². The normalized spacial score (nSPS) is 22.7. The highest BCUT2D eigenvalue weighted by Crippen LogP contribution is 2.40. The second-order valence-electron chi connectivity index (χ2n) is 3.96. The maximum absolute atomic E-state index is 11.1. The molecule has 0 spiro atoms. The zero-order valence-corrected chi connectivity index (χ0v) is 10.0. The Morgan fingerprint density at radius 2 is 1.83 bits per heavy atom. The minimum absolute atomic E-state index is 0.0943. The molecule has 6 heteroatoms. The van der Waals surface area contributed by atoms with E-state index in [0.717, 1.165) is 0 Å². The van der Waals surface area contributed by atoms with Crippen LogP contribution in [0.1, 0.15) is 11.5 Å². The molecule has 0 aliphatic carbocycles. The fourth-order valence-electron chi connectivity index (χ4n) is 1.92. The minimum atomic E-state index is -1.20. The molecule has 0 bridgehead atoms. The van der Waals surface area contributed by atoms with Crippen LogP contribution in [0.15, 0.2) is 12.1 Å². The predicted octanol–water partition coefficient (Wildman–Crippen LogP) is 0.411. The standard InChI is InChI=1S/C12H14O6/c1-16-8-3-6(4-9(17-2)11(8)14)7-5-18-12(15)10(7)13/h3-4,7,10,13-14H,5H2,1-2H3/t7-,10+/m1/s1. The molecule has 1 aliphatic heterocycles. The Morgan fingerprint density at radius 3 is 2.22 bits per heavy atom. The summed E-state index contributed by atoms with van der Waals surface area (Å²) in [5.74, 6) is -0.817. The van der Waals surface area contributed by atoms with Gasteiger partial charge in [0.1, 0.15) is 6.61 Å². The average molecular weight is 254 g/mol. The van der Waals surface area contributed by atoms with Crippen LogP contribution in [0.4, 0.5) is 0 Å². The smallest absolute Gasteiger partial charge is 0.335 e. The largest absolute Gasteiger partial charge is 0.502 e. The molecule has 0 amide bonds. The SMILES string of the molecule is COc1cc([C@H]2COC(=O)[C@H]2O)cc(OC)c1O. The molecule has 0 saturated carbocycles. The number of esters is 1. The van der Waals surface area contributed by atoms with Crippen molar-refractivity contribution in [3.05, 3.63) is 17.7 Å². The molecule has 2 atom stereocenters. The number of aliphatic hydroxyl groups is 1. The van der Waals surface area contributed by atoms with Gasteiger partial charge in [0.05, 0.1) is 20.1 Å². The monoisotopic (exact) mass is 254 g/mol. The van der Waals surface area contributed by atoms with E-state index in [0.29, 0.717) is 5.56 Å². The van der Waals surface area contributed by atoms with Crippen molar-refractivity contribution < 1.29 is 29.2 Å². The maximum atomic E-state index is 11.1. The van der Waals surface area contributed by atoms with Crippen molar-refractivity contribution in [1.29, 1.82) is 0 Å². The number of carbonyl (C=O) groups is 1. The summed E-state index contributed by atoms with van der Waals surface area (Å²) in [4.78, 5) is 11.1. The lowest BCUT2D eigenvalue weighted by Gasteiger charge is -2.15. The third kappa shape index (κ3) is 1.95. The zero-order chi connectivity index (χ0) is 13.3. The summed E-state index contributed by atoms with van der Waals surface area (Å²) in [5.41, 5.74) is 0.611. The van der Waals surface area contributed by atoms with E-state index in [2.05, 4.69) is 0 Å². The number of benzene rings is 1. The lowest BCUT2D eigenvalue weighted by atomic mass is 9.95. The van der Waals surface area contributed by atoms with Gasteiger partial charge >= 0.3 is 5.97 Å². The van der Waals surface area contributed by atoms with E-state index in [4.69, 9.17) is 14.2 Å². The molecular weight excluding hydrogens is 240 g/mol. The van der Waals surface area contributed by atoms with Gasteiger partial charge in [0.15, 0.2) is 17.6 Å². The molecule has 1 aromatic rings. The van der Waals surface area contributed by atoms with E-state index in [1.165, 1.54) is 14.2 Å². The second-order valence-corrected chi connectivity index (χ2v) is 3.96. The predicted molar refractivity (Wildman–Crippen MR) is 60.9 cm³/mol. The molecule has 2 rings (SSSR count). The summed E-state index contributed by atoms with van der Waals surface area (Å²) in [6.07, 6.45) is -1.20. The van der Waals surface area contributed by atoms with Crippen LogP contribution in [-0.4, -0.2) is 43.1 Å². The van der Waals surface area contributed by atoms with Crippen molar-refractivity contribution in [2.24, 2.45) is 0 Å². The molecular formula is C12H14O6. The number of cyclic esters (lactones) is 1. The summed E-state index contributed by atoms with van der Waals surface area (Å²) in [6.45, 7) is 0.0943. The van der Waals surface area contributed by atoms with Crippen molar-refractivity contribution in [2.45, 2.75) is 12.0 Å². The molecule has 1 fully saturated rings. The van der Waals surface area contributed by atoms with Gasteiger partial charge in [-0.15, -0.1) is 0 Å². The van der Waals surface area contributed by atoms with Gasteiger partial charge in [0, 0.05) is 0 Å². The first-order chi connectivity index (χ1) is 8.58. The van der Waals surface area contributed by atoms with E-state index < -0.39 is 18.0 Å². The molecule has 2 N–H and O–H groups in total. The van der Waals surface area contributed by atoms with Crippen molar-refractivity contribution in [1.82, 2.24) is 0 Å². The summed E-state index contributed by atoms with van der Waals surface area (Å²) in [5, 5.41) is 19.5. The van der Waals surface area contributed by atoms with Gasteiger partial charge in [0.25, 0.3) is 0 Å². The number of hydrogen-bond donors (Lipinski definition) is 2. The molecule has 1 aliphatic rings. The van der Waals surface area contributed by atoms with Gasteiger partial charge in [0.2, 0.25) is 5.75 Å². The Hall–Kier alpha value is -1.95. The van der Waals surface area contributed by atoms with E-state index in [9.17, 15) is 15.0 Å². The van der Waals surface area contributed by atoms with Crippen LogP contribution in [-0.2, 0) is 9.53 Å². The van der Waals surface area contributed by atoms with E-state index in [1.54, 1.807) is 12.1 Å². The molecule has 98 valence electrons. The first-order valence-electron chi connectivity index (χ1n) is 5.38. The Bertz CT molecular complexity index is 445. The van der Waals surface area contributed by atoms with E-state index in [1.807, 2.05) is 0 Å². The summed E-state index contributed by atoms with van der Waals surface area (Å²) in [6, 6.07) is 3.10. The lowest BCUT2D eigenvalue weighted by Crippen LogP contribution is -2.20. The van der Waals surface area contributed by atoms with Crippen LogP contribution in [0.25, 0.3) is 0 Å². The zero-order valence-electron chi connectivity index (χ0n) is 10.0. The third-order valence-electron chi connectivity index (χ3n) is 2.96. The summed E-state index contributed by atoms with van der Waals surface area (Å²) in [7, 11) is 2.82. The van der Waals surface area contributed by atoms with Crippen LogP contribution in [0.3, 0.4) is 0 Å². The Morgan fingerprint density at radius 1 is 1.28 bits per heavy atom. The first kappa shape index (κ1) is 12.5. The number of aromatic hydroxyl groups is 1. The number of ether oxygens (including phenoxy) is 3. The van der Waals surface area contributed by atoms with Crippen molar-refractivity contribution in [3.63, 3.8) is 0 Å². The quantitative estimate of drug-likeness (QED) is 0.760. The van der Waals surface area contributed by atoms with E-state index >= 15 is 0 Å². The van der Waals surface area contributed by atoms with Crippen LogP contribution < -0.4 is 9.47 Å². The van der Waals surface area contributed by atoms with Crippen molar-refractivity contribution in [3.8, 4) is 17.2 Å². The Balaban J connectivity index is 2.42. The van der Waals surface area contributed by atoms with Crippen LogP contribution in [0.2, 0.25) is 0 Å². The maximum Gasteiger partial charge on any atom is 0.335 e. The van der Waals surface area contributed by atoms with Crippen LogP contribution >= 0.6 is 0 Å². The van der Waals surface area contributed by atoms with Crippen LogP contribution in [0, 0.1) is 0 Å². The van der Waals surface area contributed by atoms with Crippen LogP contribution in [0.5, 0.6) is 17.2 Å². The van der Waals surface area contributed by atoms with Crippen molar-refractivity contribution in [2.75, 3.05) is 20.8 Å². The molecule has 0 unspecified atom stereocenters. The molecule has 0 radical (unpaired) electrons. The molecule has 1 saturated heterocycles. The summed E-state index contributed by atoms with van der Waals surface area (Å²) >= 11 is 0. The Kier molecular flexibility index (Phi) is 3.29. The topological polar surface area (TPSA) is 85.2 Å². The first-order valence-corrected chi connectivity index (χ1v) is 5.38. The fraction of sp³-hybridized carbons (Fsp3) is 0.417. The van der Waals surface area contributed by atoms with Gasteiger partial charge in [-0.2, -0.15) is 0 Å². The van der Waals surface area contributed by atoms with Gasteiger partial charge < -0.3 is 24.4 Å². The third-order valence-corrected chi connectivity index (χ3v) is 2.96. The van der Waals surface area contributed by atoms with Crippen molar-refractivity contribution >= 4 is 5.97 Å². The second kappa shape index (κ2) is 4.73. The number of phenolic OH excluding ortho intramolecular Hbond substituents is 1. The van der Waals surface area contributed by atoms with Gasteiger partial charge in [-0.05, 0) is 17.7 Å². The summed E-state index contributed by atoms with van der Waals surface area (Å²) < 4.78 is 14.8. The number of phenols is 1. The van der Waals surface area contributed by atoms with Gasteiger partial charge in [-0.25, -0.2) is 4.79 Å². The highest BCUT2D eigenvalue weighted by molar-refractivity contribution is 5.78. The fourth-order valence-corrected chi connectivity index (χ4v) is 1.92. The highest BCUT2D eigenvalue weighted by Gasteiger charge is 2.37. The molecule has 18 heavy (non-hydrogen) atoms. The number of rotatable bonds is 3. The number of methoxy groups -OCH3 is 2. The minimum Gasteiger partial charge on any atom is -0.502 e. The van der Waals surface area contributed by atoms with Gasteiger partial charge in [-0.1, -0.05) is 0 Å². The van der Waals surface area contributed by atoms with Gasteiger partial charge in [-0.3, -0.25) is 0 Å². The lowest BCUT2D eigenvalue weighted by molar-refractivity contribution is -0.144. The molecule has 1 heterocycles. The van der Waals surface area contributed by atoms with E-state index in [-0.39, 0.29) is 23.9 Å². The molecule has 0 aromatic heterocycles. The highest BCUT2D eigenvalue weighted by atomic mass is 16.6. The molecule has 1 aromatic carbocycles. The molecule has 6 nitrogen and oxygen atoms in total. The number of carbonyl (C=O) groups excluding carboxylic acids is 1. The number of hydrogen-bond acceptors (Lipinski definition) is 6. The number of aliphatic hydroxyl groups excluding tert-OH is 1. The average Bonchev–Trinajstić information content (AvgIpc) is 2.70.